The van der Waals surface area contributed by atoms with Gasteiger partial charge >= 0.3 is 5.97 Å². The number of carbonyl (C=O) groups is 1. The van der Waals surface area contributed by atoms with E-state index in [1.165, 1.54) is 49.6 Å². The van der Waals surface area contributed by atoms with Crippen molar-refractivity contribution in [1.82, 2.24) is 9.78 Å². The Balaban J connectivity index is 1.72. The molecule has 0 unspecified atom stereocenters. The fourth-order valence-corrected chi connectivity index (χ4v) is 4.12. The molecule has 0 saturated carbocycles. The largest absolute Gasteiger partial charge is 0.494 e. The summed E-state index contributed by atoms with van der Waals surface area (Å²) in [6.07, 6.45) is 0. The standard InChI is InChI=1S/C24H21N7O7S/c1-13-10-18(19(38-2)12-17(13)27-26-16-8-3-4-9-20(16)39(35,36)37)28-29-21-22(24(33)34)30-31(23(21)32)15-7-5-6-14(25)11-15/h3-12,30H,25H2,1-2H3,(H,33,34)(H,35,36,37). The van der Waals surface area contributed by atoms with Gasteiger partial charge in [0.15, 0.2) is 11.4 Å². The number of ether oxygens (including phenoxy) is 1. The van der Waals surface area contributed by atoms with Gasteiger partial charge in [0.2, 0.25) is 0 Å². The van der Waals surface area contributed by atoms with Crippen molar-refractivity contribution in [2.75, 3.05) is 12.8 Å². The van der Waals surface area contributed by atoms with Gasteiger partial charge in [-0.3, -0.25) is 14.4 Å². The van der Waals surface area contributed by atoms with E-state index in [-0.39, 0.29) is 22.8 Å². The lowest BCUT2D eigenvalue weighted by molar-refractivity contribution is 0.0690. The molecule has 0 fully saturated rings. The van der Waals surface area contributed by atoms with Crippen molar-refractivity contribution in [1.29, 1.82) is 0 Å². The van der Waals surface area contributed by atoms with Crippen LogP contribution >= 0.6 is 0 Å². The van der Waals surface area contributed by atoms with E-state index < -0.39 is 37.9 Å². The predicted octanol–water partition coefficient (Wildman–Crippen LogP) is 4.84. The molecule has 0 aliphatic rings. The molecule has 4 rings (SSSR count). The molecule has 0 aliphatic carbocycles. The second-order valence-electron chi connectivity index (χ2n) is 8.03. The number of aromatic nitrogens is 2. The molecule has 0 spiro atoms. The van der Waals surface area contributed by atoms with E-state index >= 15 is 0 Å². The third-order valence-corrected chi connectivity index (χ3v) is 6.27. The summed E-state index contributed by atoms with van der Waals surface area (Å²) >= 11 is 0. The Labute approximate surface area is 220 Å². The summed E-state index contributed by atoms with van der Waals surface area (Å²) in [7, 11) is -3.17. The maximum Gasteiger partial charge on any atom is 0.356 e. The molecule has 14 nitrogen and oxygen atoms in total. The Morgan fingerprint density at radius 3 is 2.33 bits per heavy atom. The summed E-state index contributed by atoms with van der Waals surface area (Å²) in [5, 5.41) is 28.0. The van der Waals surface area contributed by atoms with E-state index in [9.17, 15) is 27.7 Å². The van der Waals surface area contributed by atoms with E-state index in [4.69, 9.17) is 10.5 Å². The molecule has 39 heavy (non-hydrogen) atoms. The van der Waals surface area contributed by atoms with Crippen LogP contribution in [0.15, 0.2) is 90.8 Å². The van der Waals surface area contributed by atoms with E-state index in [1.807, 2.05) is 0 Å². The fraction of sp³-hybridized carbons (Fsp3) is 0.0833. The molecule has 200 valence electrons. The van der Waals surface area contributed by atoms with E-state index in [2.05, 4.69) is 25.6 Å². The molecule has 5 N–H and O–H groups in total. The van der Waals surface area contributed by atoms with Gasteiger partial charge in [0.1, 0.15) is 22.0 Å². The van der Waals surface area contributed by atoms with Crippen LogP contribution < -0.4 is 16.0 Å². The number of aryl methyl sites for hydroxylation is 1. The number of benzene rings is 3. The van der Waals surface area contributed by atoms with Crippen LogP contribution in [0.4, 0.5) is 28.4 Å². The number of nitrogens with two attached hydrogens (primary N) is 1. The molecule has 0 amide bonds. The van der Waals surface area contributed by atoms with Crippen LogP contribution in [0.1, 0.15) is 16.1 Å². The smallest absolute Gasteiger partial charge is 0.356 e. The number of azo groups is 2. The molecule has 1 aromatic heterocycles. The molecule has 0 bridgehead atoms. The Morgan fingerprint density at radius 1 is 0.974 bits per heavy atom. The Hall–Kier alpha value is -5.15. The molecular weight excluding hydrogens is 530 g/mol. The van der Waals surface area contributed by atoms with Gasteiger partial charge in [0.05, 0.1) is 18.5 Å². The van der Waals surface area contributed by atoms with Gasteiger partial charge in [-0.15, -0.1) is 15.3 Å². The van der Waals surface area contributed by atoms with Crippen molar-refractivity contribution in [3.05, 3.63) is 82.3 Å². The minimum atomic E-state index is -4.52. The quantitative estimate of drug-likeness (QED) is 0.135. The third kappa shape index (κ3) is 5.73. The first-order chi connectivity index (χ1) is 18.5. The second-order valence-corrected chi connectivity index (χ2v) is 9.42. The number of methoxy groups -OCH3 is 1. The average Bonchev–Trinajstić information content (AvgIpc) is 3.22. The van der Waals surface area contributed by atoms with Crippen molar-refractivity contribution in [3.8, 4) is 11.4 Å². The Kier molecular flexibility index (Phi) is 7.37. The number of aromatic carboxylic acids is 1. The number of nitrogen functional groups attached to an aromatic ring is 1. The third-order valence-electron chi connectivity index (χ3n) is 5.37. The first-order valence-corrected chi connectivity index (χ1v) is 12.5. The lowest BCUT2D eigenvalue weighted by atomic mass is 10.1. The molecular formula is C24H21N7O7S. The summed E-state index contributed by atoms with van der Waals surface area (Å²) in [6.45, 7) is 1.66. The number of aromatic amines is 1. The van der Waals surface area contributed by atoms with Crippen LogP contribution in [0, 0.1) is 6.92 Å². The SMILES string of the molecule is COc1cc(N=Nc2ccccc2S(=O)(=O)O)c(C)cc1N=Nc1c(C(=O)O)[nH]n(-c2cccc(N)c2)c1=O. The number of hydrogen-bond donors (Lipinski definition) is 4. The molecule has 1 heterocycles. The van der Waals surface area contributed by atoms with Crippen LogP contribution in [0.5, 0.6) is 5.75 Å². The molecule has 15 heteroatoms. The van der Waals surface area contributed by atoms with Crippen molar-refractivity contribution >= 4 is 44.5 Å². The number of hydrogen-bond acceptors (Lipinski definition) is 10. The van der Waals surface area contributed by atoms with Gasteiger partial charge in [-0.25, -0.2) is 9.48 Å². The van der Waals surface area contributed by atoms with Gasteiger partial charge in [-0.05, 0) is 48.9 Å². The molecule has 0 radical (unpaired) electrons. The van der Waals surface area contributed by atoms with Crippen LogP contribution in [0.3, 0.4) is 0 Å². The number of carboxylic acid groups (broad SMARTS) is 1. The van der Waals surface area contributed by atoms with Crippen LogP contribution in [-0.2, 0) is 10.1 Å². The van der Waals surface area contributed by atoms with Gasteiger partial charge in [0.25, 0.3) is 15.7 Å². The molecule has 3 aromatic carbocycles. The Bertz CT molecular complexity index is 1810. The lowest BCUT2D eigenvalue weighted by Gasteiger charge is -2.07. The van der Waals surface area contributed by atoms with E-state index in [0.29, 0.717) is 16.9 Å². The highest BCUT2D eigenvalue weighted by molar-refractivity contribution is 7.86. The summed E-state index contributed by atoms with van der Waals surface area (Å²) in [5.74, 6) is -1.27. The Morgan fingerprint density at radius 2 is 1.67 bits per heavy atom. The summed E-state index contributed by atoms with van der Waals surface area (Å²) in [5.41, 5.74) is 5.63. The normalized spacial score (nSPS) is 11.9. The van der Waals surface area contributed by atoms with Crippen LogP contribution in [0.2, 0.25) is 0 Å². The minimum Gasteiger partial charge on any atom is -0.494 e. The maximum atomic E-state index is 13.0. The van der Waals surface area contributed by atoms with Crippen molar-refractivity contribution in [2.24, 2.45) is 20.5 Å². The topological polar surface area (TPSA) is 214 Å². The zero-order valence-corrected chi connectivity index (χ0v) is 21.2. The zero-order chi connectivity index (χ0) is 28.3. The van der Waals surface area contributed by atoms with Crippen LogP contribution in [-0.4, -0.2) is 40.9 Å². The van der Waals surface area contributed by atoms with Crippen molar-refractivity contribution in [3.63, 3.8) is 0 Å². The highest BCUT2D eigenvalue weighted by Crippen LogP contribution is 2.37. The molecule has 0 saturated heterocycles. The summed E-state index contributed by atoms with van der Waals surface area (Å²) in [6, 6.07) is 14.7. The first kappa shape index (κ1) is 26.9. The number of nitrogens with one attached hydrogen (secondary N) is 1. The molecule has 0 aliphatic heterocycles. The predicted molar refractivity (Wildman–Crippen MR) is 140 cm³/mol. The second kappa shape index (κ2) is 10.7. The summed E-state index contributed by atoms with van der Waals surface area (Å²) < 4.78 is 38.9. The van der Waals surface area contributed by atoms with Crippen molar-refractivity contribution < 1.29 is 27.6 Å². The molecule has 4 aromatic rings. The highest BCUT2D eigenvalue weighted by Gasteiger charge is 2.21. The number of rotatable bonds is 8. The monoisotopic (exact) mass is 551 g/mol. The van der Waals surface area contributed by atoms with Crippen LogP contribution in [0.25, 0.3) is 5.69 Å². The fourth-order valence-electron chi connectivity index (χ4n) is 3.50. The number of nitrogens with zero attached hydrogens (tertiary/aromatic N) is 5. The van der Waals surface area contributed by atoms with Gasteiger partial charge in [-0.1, -0.05) is 18.2 Å². The number of carboxylic acids is 1. The summed E-state index contributed by atoms with van der Waals surface area (Å²) in [4.78, 5) is 24.3. The molecule has 0 atom stereocenters. The minimum absolute atomic E-state index is 0.0766. The van der Waals surface area contributed by atoms with Gasteiger partial charge < -0.3 is 15.6 Å². The highest BCUT2D eigenvalue weighted by atomic mass is 32.2. The first-order valence-electron chi connectivity index (χ1n) is 11.0. The van der Waals surface area contributed by atoms with E-state index in [0.717, 1.165) is 4.68 Å². The van der Waals surface area contributed by atoms with Gasteiger partial charge in [0, 0.05) is 11.8 Å². The number of H-pyrrole nitrogens is 1. The van der Waals surface area contributed by atoms with Gasteiger partial charge in [-0.2, -0.15) is 13.5 Å². The maximum absolute atomic E-state index is 13.0. The average molecular weight is 552 g/mol. The number of anilines is 1. The van der Waals surface area contributed by atoms with Crippen molar-refractivity contribution in [2.45, 2.75) is 11.8 Å². The lowest BCUT2D eigenvalue weighted by Crippen LogP contribution is -2.14. The van der Waals surface area contributed by atoms with E-state index in [1.54, 1.807) is 25.1 Å². The zero-order valence-electron chi connectivity index (χ0n) is 20.4.